The van der Waals surface area contributed by atoms with E-state index in [9.17, 15) is 4.79 Å². The quantitative estimate of drug-likeness (QED) is 0.913. The number of aromatic nitrogens is 3. The van der Waals surface area contributed by atoms with E-state index in [-0.39, 0.29) is 17.7 Å². The van der Waals surface area contributed by atoms with Crippen molar-refractivity contribution < 1.29 is 9.53 Å². The second kappa shape index (κ2) is 6.76. The molecule has 7 heteroatoms. The summed E-state index contributed by atoms with van der Waals surface area (Å²) in [5.74, 6) is 1.36. The van der Waals surface area contributed by atoms with Crippen molar-refractivity contribution in [1.29, 1.82) is 0 Å². The molecule has 130 valence electrons. The number of hydrogen-bond acceptors (Lipinski definition) is 6. The maximum atomic E-state index is 12.8. The Labute approximate surface area is 146 Å². The summed E-state index contributed by atoms with van der Waals surface area (Å²) in [5.41, 5.74) is 1.58. The molecule has 7 nitrogen and oxygen atoms in total. The predicted octanol–water partition coefficient (Wildman–Crippen LogP) is 1.52. The van der Waals surface area contributed by atoms with Gasteiger partial charge in [0.05, 0.1) is 30.5 Å². The van der Waals surface area contributed by atoms with Gasteiger partial charge in [0.1, 0.15) is 12.1 Å². The first-order valence-corrected chi connectivity index (χ1v) is 8.53. The third-order valence-corrected chi connectivity index (χ3v) is 5.13. The number of ether oxygens (including phenoxy) is 1. The molecule has 0 aliphatic carbocycles. The summed E-state index contributed by atoms with van der Waals surface area (Å²) < 4.78 is 5.73. The fourth-order valence-electron chi connectivity index (χ4n) is 3.77. The lowest BCUT2D eigenvalue weighted by Gasteiger charge is -2.31. The third-order valence-electron chi connectivity index (χ3n) is 5.13. The lowest BCUT2D eigenvalue weighted by Crippen LogP contribution is -2.42. The van der Waals surface area contributed by atoms with Crippen LogP contribution in [0.25, 0.3) is 0 Å². The van der Waals surface area contributed by atoms with Crippen LogP contribution in [0.2, 0.25) is 0 Å². The molecule has 3 atom stereocenters. The Kier molecular flexibility index (Phi) is 4.31. The van der Waals surface area contributed by atoms with Crippen LogP contribution in [-0.2, 0) is 9.53 Å². The molecule has 0 aromatic carbocycles. The van der Waals surface area contributed by atoms with Gasteiger partial charge in [0, 0.05) is 31.4 Å². The van der Waals surface area contributed by atoms with Crippen LogP contribution < -0.4 is 10.2 Å². The number of amides is 1. The van der Waals surface area contributed by atoms with E-state index in [2.05, 4.69) is 25.2 Å². The van der Waals surface area contributed by atoms with Gasteiger partial charge >= 0.3 is 0 Å². The van der Waals surface area contributed by atoms with Crippen molar-refractivity contribution in [2.45, 2.75) is 6.92 Å². The van der Waals surface area contributed by atoms with E-state index in [1.165, 1.54) is 0 Å². The van der Waals surface area contributed by atoms with Gasteiger partial charge in [0.2, 0.25) is 5.91 Å². The minimum absolute atomic E-state index is 0.00957. The molecule has 2 aromatic heterocycles. The van der Waals surface area contributed by atoms with E-state index >= 15 is 0 Å². The highest BCUT2D eigenvalue weighted by Gasteiger charge is 2.44. The molecular formula is C18H21N5O2. The molecule has 0 spiro atoms. The average molecular weight is 339 g/mol. The highest BCUT2D eigenvalue weighted by molar-refractivity contribution is 5.93. The van der Waals surface area contributed by atoms with Crippen LogP contribution in [-0.4, -0.2) is 47.2 Å². The van der Waals surface area contributed by atoms with Crippen molar-refractivity contribution in [3.63, 3.8) is 0 Å². The standard InChI is InChI=1S/C18H21N5O2/c1-12-16(3-2-5-20-12)22-18(24)15-10-25-9-13-7-23(8-14(13)15)17-4-6-19-11-21-17/h2-6,11,13-15H,7-10H2,1H3,(H,22,24)/t13-,14-,15-/m1/s1. The lowest BCUT2D eigenvalue weighted by atomic mass is 9.82. The Morgan fingerprint density at radius 3 is 2.96 bits per heavy atom. The van der Waals surface area contributed by atoms with Gasteiger partial charge in [-0.05, 0) is 31.0 Å². The Hall–Kier alpha value is -2.54. The van der Waals surface area contributed by atoms with Gasteiger partial charge in [-0.15, -0.1) is 0 Å². The molecule has 2 aromatic rings. The van der Waals surface area contributed by atoms with Gasteiger partial charge in [0.25, 0.3) is 0 Å². The van der Waals surface area contributed by atoms with Crippen LogP contribution >= 0.6 is 0 Å². The molecule has 2 aliphatic heterocycles. The molecule has 0 radical (unpaired) electrons. The number of anilines is 2. The largest absolute Gasteiger partial charge is 0.380 e. The molecule has 0 saturated carbocycles. The molecule has 4 heterocycles. The Balaban J connectivity index is 1.49. The number of rotatable bonds is 3. The summed E-state index contributed by atoms with van der Waals surface area (Å²) in [5, 5.41) is 3.02. The van der Waals surface area contributed by atoms with Gasteiger partial charge in [-0.25, -0.2) is 9.97 Å². The summed E-state index contributed by atoms with van der Waals surface area (Å²) in [6.45, 7) is 4.72. The van der Waals surface area contributed by atoms with Crippen molar-refractivity contribution >= 4 is 17.4 Å². The van der Waals surface area contributed by atoms with E-state index in [1.807, 2.05) is 25.1 Å². The van der Waals surface area contributed by atoms with E-state index in [0.717, 1.165) is 30.3 Å². The highest BCUT2D eigenvalue weighted by Crippen LogP contribution is 2.36. The third kappa shape index (κ3) is 3.19. The van der Waals surface area contributed by atoms with Crippen molar-refractivity contribution in [2.75, 3.05) is 36.5 Å². The molecule has 0 bridgehead atoms. The van der Waals surface area contributed by atoms with Crippen molar-refractivity contribution in [2.24, 2.45) is 17.8 Å². The van der Waals surface area contributed by atoms with Gasteiger partial charge in [0.15, 0.2) is 0 Å². The SMILES string of the molecule is Cc1ncccc1NC(=O)[C@@H]1COC[C@H]2CN(c3ccncn3)C[C@H]21. The second-order valence-electron chi connectivity index (χ2n) is 6.67. The fraction of sp³-hybridized carbons (Fsp3) is 0.444. The van der Waals surface area contributed by atoms with E-state index < -0.39 is 0 Å². The van der Waals surface area contributed by atoms with Gasteiger partial charge in [-0.3, -0.25) is 9.78 Å². The van der Waals surface area contributed by atoms with Crippen molar-refractivity contribution in [3.05, 3.63) is 42.6 Å². The molecule has 2 fully saturated rings. The second-order valence-corrected chi connectivity index (χ2v) is 6.67. The normalized spacial score (nSPS) is 25.5. The molecule has 25 heavy (non-hydrogen) atoms. The molecule has 1 N–H and O–H groups in total. The predicted molar refractivity (Wildman–Crippen MR) is 93.1 cm³/mol. The monoisotopic (exact) mass is 339 g/mol. The number of carbonyl (C=O) groups excluding carboxylic acids is 1. The molecule has 4 rings (SSSR count). The van der Waals surface area contributed by atoms with Crippen LogP contribution in [0.15, 0.2) is 36.9 Å². The van der Waals surface area contributed by atoms with Crippen LogP contribution in [0.3, 0.4) is 0 Å². The van der Waals surface area contributed by atoms with Crippen LogP contribution in [0, 0.1) is 24.7 Å². The van der Waals surface area contributed by atoms with Crippen molar-refractivity contribution in [1.82, 2.24) is 15.0 Å². The first kappa shape index (κ1) is 16.0. The summed E-state index contributed by atoms with van der Waals surface area (Å²) >= 11 is 0. The number of aryl methyl sites for hydroxylation is 1. The maximum absolute atomic E-state index is 12.8. The van der Waals surface area contributed by atoms with Crippen LogP contribution in [0.5, 0.6) is 0 Å². The van der Waals surface area contributed by atoms with E-state index in [0.29, 0.717) is 19.1 Å². The first-order chi connectivity index (χ1) is 12.2. The number of hydrogen-bond donors (Lipinski definition) is 1. The minimum atomic E-state index is -0.162. The van der Waals surface area contributed by atoms with Gasteiger partial charge < -0.3 is 15.0 Å². The number of carbonyl (C=O) groups is 1. The molecule has 0 unspecified atom stereocenters. The van der Waals surface area contributed by atoms with Crippen LogP contribution in [0.4, 0.5) is 11.5 Å². The summed E-state index contributed by atoms with van der Waals surface area (Å²) in [4.78, 5) is 27.6. The number of pyridine rings is 1. The lowest BCUT2D eigenvalue weighted by molar-refractivity contribution is -0.128. The summed E-state index contributed by atoms with van der Waals surface area (Å²) in [6, 6.07) is 5.62. The zero-order valence-electron chi connectivity index (χ0n) is 14.1. The maximum Gasteiger partial charge on any atom is 0.230 e. The van der Waals surface area contributed by atoms with E-state index in [1.54, 1.807) is 18.7 Å². The molecular weight excluding hydrogens is 318 g/mol. The molecule has 2 aliphatic rings. The fourth-order valence-corrected chi connectivity index (χ4v) is 3.77. The number of nitrogens with one attached hydrogen (secondary N) is 1. The average Bonchev–Trinajstić information content (AvgIpc) is 3.08. The summed E-state index contributed by atoms with van der Waals surface area (Å²) in [7, 11) is 0. The Morgan fingerprint density at radius 1 is 1.24 bits per heavy atom. The molecule has 2 saturated heterocycles. The highest BCUT2D eigenvalue weighted by atomic mass is 16.5. The minimum Gasteiger partial charge on any atom is -0.380 e. The zero-order chi connectivity index (χ0) is 17.2. The van der Waals surface area contributed by atoms with Crippen LogP contribution in [0.1, 0.15) is 5.69 Å². The topological polar surface area (TPSA) is 80.2 Å². The van der Waals surface area contributed by atoms with Gasteiger partial charge in [-0.2, -0.15) is 0 Å². The Morgan fingerprint density at radius 2 is 2.16 bits per heavy atom. The number of fused-ring (bicyclic) bond motifs is 1. The summed E-state index contributed by atoms with van der Waals surface area (Å²) in [6.07, 6.45) is 5.03. The Bertz CT molecular complexity index is 754. The zero-order valence-corrected chi connectivity index (χ0v) is 14.1. The van der Waals surface area contributed by atoms with E-state index in [4.69, 9.17) is 4.74 Å². The smallest absolute Gasteiger partial charge is 0.230 e. The first-order valence-electron chi connectivity index (χ1n) is 8.53. The number of nitrogens with zero attached hydrogens (tertiary/aromatic N) is 4. The van der Waals surface area contributed by atoms with Gasteiger partial charge in [-0.1, -0.05) is 0 Å². The van der Waals surface area contributed by atoms with Crippen molar-refractivity contribution in [3.8, 4) is 0 Å². The molecule has 1 amide bonds.